The number of nitrogens with zero attached hydrogens (tertiary/aromatic N) is 1. The van der Waals surface area contributed by atoms with Crippen molar-refractivity contribution in [1.29, 1.82) is 0 Å². The molecule has 150 valence electrons. The molecule has 1 aromatic heterocycles. The number of aromatic nitrogens is 1. The largest absolute Gasteiger partial charge is 0.493 e. The van der Waals surface area contributed by atoms with Crippen molar-refractivity contribution >= 4 is 36.9 Å². The zero-order valence-corrected chi connectivity index (χ0v) is 18.0. The first-order valence-corrected chi connectivity index (χ1v) is 11.4. The van der Waals surface area contributed by atoms with E-state index in [9.17, 15) is 13.2 Å². The van der Waals surface area contributed by atoms with Crippen LogP contribution in [0.3, 0.4) is 0 Å². The third-order valence-corrected chi connectivity index (χ3v) is 5.63. The van der Waals surface area contributed by atoms with Gasteiger partial charge in [0.25, 0.3) is 0 Å². The third kappa shape index (κ3) is 4.25. The molecular weight excluding hydrogens is 450 g/mol. The van der Waals surface area contributed by atoms with Gasteiger partial charge in [-0.1, -0.05) is 22.0 Å². The topological polar surface area (TPSA) is 87.7 Å². The molecular formula is C19H20BrNO6S. The Morgan fingerprint density at radius 3 is 2.57 bits per heavy atom. The standard InChI is InChI=1S/C19H20BrNO6S/c1-4-26-18-9-12(5-8-16(18)25-2)15(11-28(3,23)24)21-14-7-6-13(20)10-17(14)27-19(21)22/h5-10,15H,4,11H2,1-3H3/t15-/m0/s1. The summed E-state index contributed by atoms with van der Waals surface area (Å²) >= 11 is 3.34. The minimum Gasteiger partial charge on any atom is -0.493 e. The highest BCUT2D eigenvalue weighted by atomic mass is 79.9. The molecule has 28 heavy (non-hydrogen) atoms. The number of hydrogen-bond donors (Lipinski definition) is 0. The lowest BCUT2D eigenvalue weighted by atomic mass is 10.1. The van der Waals surface area contributed by atoms with Crippen molar-refractivity contribution < 1.29 is 22.3 Å². The fourth-order valence-electron chi connectivity index (χ4n) is 3.08. The predicted octanol–water partition coefficient (Wildman–Crippen LogP) is 3.40. The van der Waals surface area contributed by atoms with Gasteiger partial charge in [-0.15, -0.1) is 0 Å². The Balaban J connectivity index is 2.23. The predicted molar refractivity (Wildman–Crippen MR) is 110 cm³/mol. The van der Waals surface area contributed by atoms with E-state index in [4.69, 9.17) is 13.9 Å². The van der Waals surface area contributed by atoms with Crippen LogP contribution in [0.4, 0.5) is 0 Å². The molecule has 0 saturated carbocycles. The van der Waals surface area contributed by atoms with Crippen LogP contribution in [-0.2, 0) is 9.84 Å². The number of hydrogen-bond acceptors (Lipinski definition) is 6. The minimum absolute atomic E-state index is 0.268. The molecule has 0 bridgehead atoms. The molecule has 3 aromatic rings. The Morgan fingerprint density at radius 1 is 1.18 bits per heavy atom. The fourth-order valence-corrected chi connectivity index (χ4v) is 4.34. The van der Waals surface area contributed by atoms with Crippen LogP contribution in [0.2, 0.25) is 0 Å². The third-order valence-electron chi connectivity index (χ3n) is 4.22. The lowest BCUT2D eigenvalue weighted by molar-refractivity contribution is 0.310. The summed E-state index contributed by atoms with van der Waals surface area (Å²) in [5.41, 5.74) is 1.48. The average Bonchev–Trinajstić information content (AvgIpc) is 2.94. The second-order valence-corrected chi connectivity index (χ2v) is 9.40. The average molecular weight is 470 g/mol. The first-order valence-electron chi connectivity index (χ1n) is 8.52. The van der Waals surface area contributed by atoms with E-state index in [1.807, 2.05) is 6.92 Å². The van der Waals surface area contributed by atoms with E-state index in [1.54, 1.807) is 36.4 Å². The summed E-state index contributed by atoms with van der Waals surface area (Å²) < 4.78 is 42.6. The zero-order chi connectivity index (χ0) is 20.5. The molecule has 0 aliphatic rings. The van der Waals surface area contributed by atoms with Crippen LogP contribution >= 0.6 is 15.9 Å². The highest BCUT2D eigenvalue weighted by Gasteiger charge is 2.26. The summed E-state index contributed by atoms with van der Waals surface area (Å²) in [7, 11) is -1.89. The Hall–Kier alpha value is -2.26. The van der Waals surface area contributed by atoms with Crippen molar-refractivity contribution in [1.82, 2.24) is 4.57 Å². The molecule has 0 radical (unpaired) electrons. The second kappa shape index (κ2) is 8.00. The number of benzene rings is 2. The Bertz CT molecular complexity index is 1160. The monoisotopic (exact) mass is 469 g/mol. The normalized spacial score (nSPS) is 12.9. The maximum Gasteiger partial charge on any atom is 0.420 e. The number of ether oxygens (including phenoxy) is 2. The van der Waals surface area contributed by atoms with Crippen LogP contribution in [0.5, 0.6) is 11.5 Å². The lowest BCUT2D eigenvalue weighted by Gasteiger charge is -2.19. The quantitative estimate of drug-likeness (QED) is 0.526. The van der Waals surface area contributed by atoms with Gasteiger partial charge in [0.05, 0.1) is 31.0 Å². The van der Waals surface area contributed by atoms with E-state index in [0.717, 1.165) is 10.7 Å². The van der Waals surface area contributed by atoms with Crippen LogP contribution in [0.1, 0.15) is 18.5 Å². The second-order valence-electron chi connectivity index (χ2n) is 6.30. The van der Waals surface area contributed by atoms with Gasteiger partial charge in [0.2, 0.25) is 0 Å². The van der Waals surface area contributed by atoms with E-state index >= 15 is 0 Å². The van der Waals surface area contributed by atoms with Crippen LogP contribution in [0, 0.1) is 0 Å². The Morgan fingerprint density at radius 2 is 1.93 bits per heavy atom. The Kier molecular flexibility index (Phi) is 5.85. The molecule has 7 nitrogen and oxygen atoms in total. The molecule has 0 spiro atoms. The van der Waals surface area contributed by atoms with E-state index < -0.39 is 21.6 Å². The molecule has 0 aliphatic carbocycles. The first-order chi connectivity index (χ1) is 13.2. The molecule has 0 unspecified atom stereocenters. The zero-order valence-electron chi connectivity index (χ0n) is 15.6. The first kappa shape index (κ1) is 20.5. The number of oxazole rings is 1. The van der Waals surface area contributed by atoms with E-state index in [1.165, 1.54) is 11.7 Å². The summed E-state index contributed by atoms with van der Waals surface area (Å²) in [6, 6.07) is 9.49. The summed E-state index contributed by atoms with van der Waals surface area (Å²) in [6.07, 6.45) is 1.14. The molecule has 0 aliphatic heterocycles. The van der Waals surface area contributed by atoms with Gasteiger partial charge in [0.1, 0.15) is 9.84 Å². The van der Waals surface area contributed by atoms with Gasteiger partial charge >= 0.3 is 5.76 Å². The van der Waals surface area contributed by atoms with Gasteiger partial charge in [-0.3, -0.25) is 4.57 Å². The SMILES string of the molecule is CCOc1cc([C@H](CS(C)(=O)=O)n2c(=O)oc3cc(Br)ccc32)ccc1OC. The van der Waals surface area contributed by atoms with Crippen LogP contribution in [0.25, 0.3) is 11.1 Å². The molecule has 0 saturated heterocycles. The molecule has 1 atom stereocenters. The van der Waals surface area contributed by atoms with Gasteiger partial charge in [-0.2, -0.15) is 0 Å². The van der Waals surface area contributed by atoms with Crippen LogP contribution < -0.4 is 15.2 Å². The maximum atomic E-state index is 12.6. The number of sulfone groups is 1. The van der Waals surface area contributed by atoms with E-state index in [0.29, 0.717) is 34.8 Å². The van der Waals surface area contributed by atoms with Crippen molar-refractivity contribution in [3.05, 3.63) is 57.0 Å². The van der Waals surface area contributed by atoms with Gasteiger partial charge in [0.15, 0.2) is 17.1 Å². The van der Waals surface area contributed by atoms with Crippen molar-refractivity contribution in [2.75, 3.05) is 25.7 Å². The van der Waals surface area contributed by atoms with Crippen molar-refractivity contribution in [3.8, 4) is 11.5 Å². The summed E-state index contributed by atoms with van der Waals surface area (Å²) in [5.74, 6) is 0.104. The van der Waals surface area contributed by atoms with Crippen molar-refractivity contribution in [3.63, 3.8) is 0 Å². The minimum atomic E-state index is -3.41. The van der Waals surface area contributed by atoms with Gasteiger partial charge < -0.3 is 13.9 Å². The van der Waals surface area contributed by atoms with E-state index in [2.05, 4.69) is 15.9 Å². The molecule has 0 amide bonds. The summed E-state index contributed by atoms with van der Waals surface area (Å²) in [6.45, 7) is 2.26. The smallest absolute Gasteiger partial charge is 0.420 e. The molecule has 0 N–H and O–H groups in total. The molecule has 3 rings (SSSR count). The molecule has 9 heteroatoms. The van der Waals surface area contributed by atoms with Crippen molar-refractivity contribution in [2.24, 2.45) is 0 Å². The molecule has 1 heterocycles. The molecule has 0 fully saturated rings. The number of halogens is 1. The number of methoxy groups -OCH3 is 1. The highest BCUT2D eigenvalue weighted by Crippen LogP contribution is 2.33. The van der Waals surface area contributed by atoms with Gasteiger partial charge in [-0.25, -0.2) is 13.2 Å². The summed E-state index contributed by atoms with van der Waals surface area (Å²) in [4.78, 5) is 12.6. The summed E-state index contributed by atoms with van der Waals surface area (Å²) in [5, 5.41) is 0. The Labute approximate surface area is 170 Å². The highest BCUT2D eigenvalue weighted by molar-refractivity contribution is 9.10. The van der Waals surface area contributed by atoms with Crippen LogP contribution in [-0.4, -0.2) is 38.7 Å². The van der Waals surface area contributed by atoms with Gasteiger partial charge in [-0.05, 0) is 42.8 Å². The number of fused-ring (bicyclic) bond motifs is 1. The lowest BCUT2D eigenvalue weighted by Crippen LogP contribution is -2.27. The van der Waals surface area contributed by atoms with Crippen LogP contribution in [0.15, 0.2) is 50.1 Å². The fraction of sp³-hybridized carbons (Fsp3) is 0.316. The number of rotatable bonds is 7. The molecule has 2 aromatic carbocycles. The van der Waals surface area contributed by atoms with Crippen molar-refractivity contribution in [2.45, 2.75) is 13.0 Å². The maximum absolute atomic E-state index is 12.6. The van der Waals surface area contributed by atoms with E-state index in [-0.39, 0.29) is 5.75 Å². The van der Waals surface area contributed by atoms with Gasteiger partial charge in [0, 0.05) is 10.7 Å².